The molecule has 1 amide bonds. The number of piperidine rings is 1. The van der Waals surface area contributed by atoms with Gasteiger partial charge in [-0.15, -0.1) is 0 Å². The molecule has 8 heteroatoms. The summed E-state index contributed by atoms with van der Waals surface area (Å²) in [4.78, 5) is 18.4. The largest absolute Gasteiger partial charge is 0.327 e. The average Bonchev–Trinajstić information content (AvgIpc) is 3.13. The van der Waals surface area contributed by atoms with E-state index in [2.05, 4.69) is 11.9 Å². The molecule has 0 spiro atoms. The molecule has 2 aromatic rings. The van der Waals surface area contributed by atoms with Crippen molar-refractivity contribution in [2.24, 2.45) is 5.92 Å². The molecule has 1 aliphatic heterocycles. The number of para-hydroxylation sites is 1. The quantitative estimate of drug-likeness (QED) is 0.759. The number of imidazole rings is 1. The van der Waals surface area contributed by atoms with E-state index in [0.717, 1.165) is 18.5 Å². The fourth-order valence-corrected chi connectivity index (χ4v) is 4.67. The average molecular weight is 391 g/mol. The molecular formula is C19H26N4O3S. The highest BCUT2D eigenvalue weighted by Gasteiger charge is 2.30. The number of hydrogen-bond acceptors (Lipinski definition) is 4. The SMILES string of the molecule is CCN(C(=O)Cn1cnc(S(=O)(=O)N2CCC(C)CC2)c1)c1ccccc1. The molecule has 0 atom stereocenters. The molecule has 7 nitrogen and oxygen atoms in total. The lowest BCUT2D eigenvalue weighted by molar-refractivity contribution is -0.119. The predicted molar refractivity (Wildman–Crippen MR) is 104 cm³/mol. The number of hydrogen-bond donors (Lipinski definition) is 0. The first-order chi connectivity index (χ1) is 12.9. The van der Waals surface area contributed by atoms with Gasteiger partial charge in [0.1, 0.15) is 6.54 Å². The normalized spacial score (nSPS) is 16.4. The van der Waals surface area contributed by atoms with Crippen LogP contribution in [0.4, 0.5) is 5.69 Å². The van der Waals surface area contributed by atoms with E-state index in [4.69, 9.17) is 0 Å². The number of rotatable bonds is 6. The van der Waals surface area contributed by atoms with E-state index in [1.807, 2.05) is 37.3 Å². The van der Waals surface area contributed by atoms with Gasteiger partial charge in [-0.05, 0) is 37.8 Å². The highest BCUT2D eigenvalue weighted by atomic mass is 32.2. The third-order valence-corrected chi connectivity index (χ3v) is 6.74. The standard InChI is InChI=1S/C19H26N4O3S/c1-3-23(17-7-5-4-6-8-17)19(24)14-21-13-18(20-15-21)27(25,26)22-11-9-16(2)10-12-22/h4-8,13,15-16H,3,9-12,14H2,1-2H3. The van der Waals surface area contributed by atoms with E-state index in [1.54, 1.807) is 4.90 Å². The monoisotopic (exact) mass is 390 g/mol. The second kappa shape index (κ2) is 8.22. The number of likely N-dealkylation sites (N-methyl/N-ethyl adjacent to an activating group) is 1. The summed E-state index contributed by atoms with van der Waals surface area (Å²) in [5, 5.41) is 0.00705. The minimum atomic E-state index is -3.60. The summed E-state index contributed by atoms with van der Waals surface area (Å²) in [6.45, 7) is 5.67. The van der Waals surface area contributed by atoms with Gasteiger partial charge in [0.15, 0.2) is 5.03 Å². The Morgan fingerprint density at radius 3 is 2.52 bits per heavy atom. The zero-order valence-electron chi connectivity index (χ0n) is 15.8. The highest BCUT2D eigenvalue weighted by molar-refractivity contribution is 7.89. The summed E-state index contributed by atoms with van der Waals surface area (Å²) >= 11 is 0. The van der Waals surface area contributed by atoms with Crippen LogP contribution in [0.3, 0.4) is 0 Å². The minimum Gasteiger partial charge on any atom is -0.327 e. The fraction of sp³-hybridized carbons (Fsp3) is 0.474. The molecule has 0 aliphatic carbocycles. The highest BCUT2D eigenvalue weighted by Crippen LogP contribution is 2.22. The van der Waals surface area contributed by atoms with Crippen molar-refractivity contribution in [3.05, 3.63) is 42.9 Å². The van der Waals surface area contributed by atoms with Gasteiger partial charge in [-0.3, -0.25) is 4.79 Å². The molecule has 0 N–H and O–H groups in total. The number of aromatic nitrogens is 2. The molecule has 1 aromatic heterocycles. The van der Waals surface area contributed by atoms with Gasteiger partial charge in [0.2, 0.25) is 5.91 Å². The Morgan fingerprint density at radius 1 is 1.22 bits per heavy atom. The Kier molecular flexibility index (Phi) is 5.96. The molecule has 0 saturated carbocycles. The summed E-state index contributed by atoms with van der Waals surface area (Å²) in [6, 6.07) is 9.42. The zero-order valence-corrected chi connectivity index (χ0v) is 16.6. The van der Waals surface area contributed by atoms with Gasteiger partial charge in [0.05, 0.1) is 6.33 Å². The second-order valence-electron chi connectivity index (χ2n) is 6.94. The van der Waals surface area contributed by atoms with Crippen molar-refractivity contribution in [2.75, 3.05) is 24.5 Å². The summed E-state index contributed by atoms with van der Waals surface area (Å²) in [7, 11) is -3.60. The Hall–Kier alpha value is -2.19. The van der Waals surface area contributed by atoms with Crippen LogP contribution in [0.1, 0.15) is 26.7 Å². The van der Waals surface area contributed by atoms with E-state index in [0.29, 0.717) is 25.6 Å². The van der Waals surface area contributed by atoms with E-state index in [9.17, 15) is 13.2 Å². The van der Waals surface area contributed by atoms with Crippen molar-refractivity contribution in [1.29, 1.82) is 0 Å². The summed E-state index contributed by atoms with van der Waals surface area (Å²) in [5.74, 6) is 0.432. The first-order valence-electron chi connectivity index (χ1n) is 9.29. The predicted octanol–water partition coefficient (Wildman–Crippen LogP) is 2.36. The number of nitrogens with zero attached hydrogens (tertiary/aromatic N) is 4. The van der Waals surface area contributed by atoms with Crippen LogP contribution in [-0.2, 0) is 21.4 Å². The van der Waals surface area contributed by atoms with Crippen LogP contribution in [0.15, 0.2) is 47.9 Å². The molecular weight excluding hydrogens is 364 g/mol. The smallest absolute Gasteiger partial charge is 0.262 e. The third kappa shape index (κ3) is 4.39. The number of carbonyl (C=O) groups is 1. The maximum atomic E-state index is 12.8. The van der Waals surface area contributed by atoms with Gasteiger partial charge in [0.25, 0.3) is 10.0 Å². The summed E-state index contributed by atoms with van der Waals surface area (Å²) < 4.78 is 28.5. The maximum absolute atomic E-state index is 12.8. The lowest BCUT2D eigenvalue weighted by Crippen LogP contribution is -2.38. The van der Waals surface area contributed by atoms with Crippen LogP contribution in [0.2, 0.25) is 0 Å². The molecule has 0 radical (unpaired) electrons. The van der Waals surface area contributed by atoms with Crippen molar-refractivity contribution in [3.8, 4) is 0 Å². The van der Waals surface area contributed by atoms with Crippen LogP contribution >= 0.6 is 0 Å². The third-order valence-electron chi connectivity index (χ3n) is 4.96. The maximum Gasteiger partial charge on any atom is 0.262 e. The van der Waals surface area contributed by atoms with Crippen molar-refractivity contribution in [1.82, 2.24) is 13.9 Å². The van der Waals surface area contributed by atoms with Gasteiger partial charge < -0.3 is 9.47 Å². The molecule has 1 aromatic carbocycles. The molecule has 146 valence electrons. The Balaban J connectivity index is 1.71. The Bertz CT molecular complexity index is 871. The lowest BCUT2D eigenvalue weighted by atomic mass is 10.0. The van der Waals surface area contributed by atoms with Crippen molar-refractivity contribution in [2.45, 2.75) is 38.3 Å². The van der Waals surface area contributed by atoms with Crippen LogP contribution < -0.4 is 4.90 Å². The summed E-state index contributed by atoms with van der Waals surface area (Å²) in [5.41, 5.74) is 0.820. The zero-order chi connectivity index (χ0) is 19.4. The molecule has 0 unspecified atom stereocenters. The van der Waals surface area contributed by atoms with Crippen LogP contribution in [-0.4, -0.2) is 47.8 Å². The first kappa shape index (κ1) is 19.6. The molecule has 0 bridgehead atoms. The first-order valence-corrected chi connectivity index (χ1v) is 10.7. The fourth-order valence-electron chi connectivity index (χ4n) is 3.27. The van der Waals surface area contributed by atoms with E-state index < -0.39 is 10.0 Å². The molecule has 1 aliphatic rings. The topological polar surface area (TPSA) is 75.5 Å². The van der Waals surface area contributed by atoms with E-state index >= 15 is 0 Å². The van der Waals surface area contributed by atoms with Crippen molar-refractivity contribution in [3.63, 3.8) is 0 Å². The number of amides is 1. The lowest BCUT2D eigenvalue weighted by Gasteiger charge is -2.28. The summed E-state index contributed by atoms with van der Waals surface area (Å²) in [6.07, 6.45) is 4.59. The Labute approximate surface area is 160 Å². The second-order valence-corrected chi connectivity index (χ2v) is 8.83. The molecule has 27 heavy (non-hydrogen) atoms. The molecule has 1 fully saturated rings. The van der Waals surface area contributed by atoms with Gasteiger partial charge in [-0.25, -0.2) is 13.4 Å². The van der Waals surface area contributed by atoms with Crippen LogP contribution in [0.25, 0.3) is 0 Å². The number of carbonyl (C=O) groups excluding carboxylic acids is 1. The molecule has 3 rings (SSSR count). The number of sulfonamides is 1. The molecule has 2 heterocycles. The van der Waals surface area contributed by atoms with Crippen molar-refractivity contribution >= 4 is 21.6 Å². The Morgan fingerprint density at radius 2 is 1.89 bits per heavy atom. The molecule has 1 saturated heterocycles. The van der Waals surface area contributed by atoms with Gasteiger partial charge in [-0.2, -0.15) is 4.31 Å². The van der Waals surface area contributed by atoms with Gasteiger partial charge in [0, 0.05) is 31.5 Å². The number of benzene rings is 1. The van der Waals surface area contributed by atoms with E-state index in [1.165, 1.54) is 21.4 Å². The van der Waals surface area contributed by atoms with Gasteiger partial charge in [-0.1, -0.05) is 25.1 Å². The minimum absolute atomic E-state index is 0.00705. The van der Waals surface area contributed by atoms with Crippen LogP contribution in [0, 0.1) is 5.92 Å². The van der Waals surface area contributed by atoms with Gasteiger partial charge >= 0.3 is 0 Å². The van der Waals surface area contributed by atoms with E-state index in [-0.39, 0.29) is 17.5 Å². The number of anilines is 1. The van der Waals surface area contributed by atoms with Crippen LogP contribution in [0.5, 0.6) is 0 Å². The van der Waals surface area contributed by atoms with Crippen molar-refractivity contribution < 1.29 is 13.2 Å².